The van der Waals surface area contributed by atoms with Gasteiger partial charge in [0, 0.05) is 18.7 Å². The van der Waals surface area contributed by atoms with Gasteiger partial charge in [0.25, 0.3) is 5.91 Å². The molecule has 2 rings (SSSR count). The van der Waals surface area contributed by atoms with E-state index in [2.05, 4.69) is 0 Å². The molecule has 0 spiro atoms. The van der Waals surface area contributed by atoms with Gasteiger partial charge < -0.3 is 15.4 Å². The number of nitrogens with zero attached hydrogens (tertiary/aromatic N) is 1. The van der Waals surface area contributed by atoms with E-state index in [4.69, 9.17) is 10.5 Å². The minimum atomic E-state index is -0.321. The fourth-order valence-electron chi connectivity index (χ4n) is 2.58. The van der Waals surface area contributed by atoms with Crippen LogP contribution in [0.25, 0.3) is 0 Å². The second-order valence-corrected chi connectivity index (χ2v) is 6.05. The van der Waals surface area contributed by atoms with Gasteiger partial charge in [0.05, 0.1) is 18.6 Å². The highest BCUT2D eigenvalue weighted by Crippen LogP contribution is 2.18. The summed E-state index contributed by atoms with van der Waals surface area (Å²) in [6.07, 6.45) is 1.77. The highest BCUT2D eigenvalue weighted by Gasteiger charge is 2.27. The Kier molecular flexibility index (Phi) is 5.55. The minimum Gasteiger partial charge on any atom is -0.374 e. The maximum absolute atomic E-state index is 12.5. The quantitative estimate of drug-likeness (QED) is 0.903. The number of benzene rings is 1. The van der Waals surface area contributed by atoms with Crippen molar-refractivity contribution in [2.24, 2.45) is 11.7 Å². The molecule has 1 aliphatic rings. The lowest BCUT2D eigenvalue weighted by atomic mass is 9.97. The van der Waals surface area contributed by atoms with Crippen LogP contribution in [-0.2, 0) is 16.1 Å². The van der Waals surface area contributed by atoms with Gasteiger partial charge in [0.1, 0.15) is 0 Å². The summed E-state index contributed by atoms with van der Waals surface area (Å²) >= 11 is 0. The van der Waals surface area contributed by atoms with Gasteiger partial charge in [-0.15, -0.1) is 0 Å². The van der Waals surface area contributed by atoms with Crippen LogP contribution in [0.3, 0.4) is 0 Å². The van der Waals surface area contributed by atoms with Crippen LogP contribution >= 0.6 is 0 Å². The van der Waals surface area contributed by atoms with Crippen LogP contribution in [0.1, 0.15) is 42.6 Å². The van der Waals surface area contributed by atoms with E-state index in [1.807, 2.05) is 38.1 Å². The number of amides is 2. The van der Waals surface area contributed by atoms with E-state index >= 15 is 0 Å². The number of primary amides is 1. The van der Waals surface area contributed by atoms with Crippen LogP contribution in [0.15, 0.2) is 24.3 Å². The normalized spacial score (nSPS) is 18.5. The number of piperidine rings is 1. The van der Waals surface area contributed by atoms with E-state index in [0.717, 1.165) is 18.4 Å². The molecule has 0 unspecified atom stereocenters. The average molecular weight is 304 g/mol. The van der Waals surface area contributed by atoms with Crippen molar-refractivity contribution >= 4 is 11.8 Å². The minimum absolute atomic E-state index is 0.0396. The molecule has 22 heavy (non-hydrogen) atoms. The molecule has 1 fully saturated rings. The van der Waals surface area contributed by atoms with E-state index in [9.17, 15) is 9.59 Å². The largest absolute Gasteiger partial charge is 0.374 e. The first-order chi connectivity index (χ1) is 10.5. The van der Waals surface area contributed by atoms with Gasteiger partial charge in [-0.05, 0) is 44.4 Å². The van der Waals surface area contributed by atoms with Crippen molar-refractivity contribution in [1.29, 1.82) is 0 Å². The Bertz CT molecular complexity index is 525. The molecule has 1 aliphatic heterocycles. The van der Waals surface area contributed by atoms with E-state index in [0.29, 0.717) is 25.3 Å². The number of rotatable bonds is 5. The molecule has 5 nitrogen and oxygen atoms in total. The molecule has 1 saturated heterocycles. The number of carbonyl (C=O) groups excluding carboxylic acids is 2. The Morgan fingerprint density at radius 2 is 2.00 bits per heavy atom. The molecule has 1 atom stereocenters. The third-order valence-electron chi connectivity index (χ3n) is 3.90. The number of nitrogens with two attached hydrogens (primary N) is 1. The maximum atomic E-state index is 12.5. The Morgan fingerprint density at radius 1 is 1.32 bits per heavy atom. The van der Waals surface area contributed by atoms with Crippen LogP contribution in [0.4, 0.5) is 0 Å². The van der Waals surface area contributed by atoms with Crippen molar-refractivity contribution in [2.75, 3.05) is 13.1 Å². The third-order valence-corrected chi connectivity index (χ3v) is 3.90. The lowest BCUT2D eigenvalue weighted by molar-refractivity contribution is -0.123. The molecule has 1 heterocycles. The lowest BCUT2D eigenvalue weighted by Gasteiger charge is -2.31. The number of hydrogen-bond acceptors (Lipinski definition) is 3. The second-order valence-electron chi connectivity index (χ2n) is 6.05. The molecule has 120 valence electrons. The fourth-order valence-corrected chi connectivity index (χ4v) is 2.58. The van der Waals surface area contributed by atoms with Crippen LogP contribution in [-0.4, -0.2) is 35.9 Å². The second kappa shape index (κ2) is 7.40. The molecule has 2 amide bonds. The summed E-state index contributed by atoms with van der Waals surface area (Å²) in [5.74, 6) is -0.586. The molecular formula is C17H24N2O3. The Hall–Kier alpha value is -1.88. The standard InChI is InChI=1S/C17H24N2O3/c1-12(2)22-11-13-5-7-14(8-6-13)17(21)19-9-3-4-15(10-19)16(18)20/h5-8,12,15H,3-4,9-11H2,1-2H3,(H2,18,20)/t15-/m0/s1. The first kappa shape index (κ1) is 16.5. The van der Waals surface area contributed by atoms with Gasteiger partial charge in [-0.25, -0.2) is 0 Å². The van der Waals surface area contributed by atoms with Gasteiger partial charge in [0.15, 0.2) is 0 Å². The molecule has 0 bridgehead atoms. The van der Waals surface area contributed by atoms with Gasteiger partial charge in [-0.3, -0.25) is 9.59 Å². The number of likely N-dealkylation sites (tertiary alicyclic amines) is 1. The molecule has 0 saturated carbocycles. The van der Waals surface area contributed by atoms with Gasteiger partial charge in [0.2, 0.25) is 5.91 Å². The zero-order chi connectivity index (χ0) is 16.1. The Labute approximate surface area is 131 Å². The summed E-state index contributed by atoms with van der Waals surface area (Å²) in [5.41, 5.74) is 7.03. The maximum Gasteiger partial charge on any atom is 0.253 e. The van der Waals surface area contributed by atoms with E-state index in [-0.39, 0.29) is 23.8 Å². The smallest absolute Gasteiger partial charge is 0.253 e. The molecule has 1 aromatic carbocycles. The molecule has 5 heteroatoms. The summed E-state index contributed by atoms with van der Waals surface area (Å²) in [6, 6.07) is 7.45. The van der Waals surface area contributed by atoms with Crippen molar-refractivity contribution in [1.82, 2.24) is 4.90 Å². The average Bonchev–Trinajstić information content (AvgIpc) is 2.53. The summed E-state index contributed by atoms with van der Waals surface area (Å²) < 4.78 is 5.54. The van der Waals surface area contributed by atoms with E-state index in [1.165, 1.54) is 0 Å². The molecule has 2 N–H and O–H groups in total. The predicted molar refractivity (Wildman–Crippen MR) is 84.2 cm³/mol. The molecule has 0 radical (unpaired) electrons. The molecular weight excluding hydrogens is 280 g/mol. The van der Waals surface area contributed by atoms with Gasteiger partial charge in [-0.2, -0.15) is 0 Å². The lowest BCUT2D eigenvalue weighted by Crippen LogP contribution is -2.44. The summed E-state index contributed by atoms with van der Waals surface area (Å²) in [7, 11) is 0. The predicted octanol–water partition coefficient (Wildman–Crippen LogP) is 1.95. The number of ether oxygens (including phenoxy) is 1. The zero-order valence-corrected chi connectivity index (χ0v) is 13.2. The monoisotopic (exact) mass is 304 g/mol. The number of hydrogen-bond donors (Lipinski definition) is 1. The van der Waals surface area contributed by atoms with Gasteiger partial charge >= 0.3 is 0 Å². The van der Waals surface area contributed by atoms with Crippen LogP contribution in [0, 0.1) is 5.92 Å². The highest BCUT2D eigenvalue weighted by molar-refractivity contribution is 5.94. The fraction of sp³-hybridized carbons (Fsp3) is 0.529. The summed E-state index contributed by atoms with van der Waals surface area (Å²) in [4.78, 5) is 25.5. The Balaban J connectivity index is 1.98. The summed E-state index contributed by atoms with van der Waals surface area (Å²) in [6.45, 7) is 5.62. The highest BCUT2D eigenvalue weighted by atomic mass is 16.5. The zero-order valence-electron chi connectivity index (χ0n) is 13.2. The third kappa shape index (κ3) is 4.31. The van der Waals surface area contributed by atoms with E-state index in [1.54, 1.807) is 4.90 Å². The van der Waals surface area contributed by atoms with Crippen molar-refractivity contribution in [3.05, 3.63) is 35.4 Å². The SMILES string of the molecule is CC(C)OCc1ccc(C(=O)N2CCC[C@H](C(N)=O)C2)cc1. The van der Waals surface area contributed by atoms with Crippen LogP contribution in [0.5, 0.6) is 0 Å². The Morgan fingerprint density at radius 3 is 2.59 bits per heavy atom. The topological polar surface area (TPSA) is 72.6 Å². The first-order valence-electron chi connectivity index (χ1n) is 7.76. The van der Waals surface area contributed by atoms with Crippen LogP contribution < -0.4 is 5.73 Å². The first-order valence-corrected chi connectivity index (χ1v) is 7.76. The molecule has 1 aromatic rings. The van der Waals surface area contributed by atoms with Crippen LogP contribution in [0.2, 0.25) is 0 Å². The molecule has 0 aliphatic carbocycles. The van der Waals surface area contributed by atoms with Gasteiger partial charge in [-0.1, -0.05) is 12.1 Å². The van der Waals surface area contributed by atoms with Crippen molar-refractivity contribution in [3.8, 4) is 0 Å². The van der Waals surface area contributed by atoms with E-state index < -0.39 is 0 Å². The number of carbonyl (C=O) groups is 2. The van der Waals surface area contributed by atoms with Crippen molar-refractivity contribution in [2.45, 2.75) is 39.4 Å². The summed E-state index contributed by atoms with van der Waals surface area (Å²) in [5, 5.41) is 0. The van der Waals surface area contributed by atoms with Crippen molar-refractivity contribution < 1.29 is 14.3 Å². The molecule has 0 aromatic heterocycles. The van der Waals surface area contributed by atoms with Crippen molar-refractivity contribution in [3.63, 3.8) is 0 Å².